The Bertz CT molecular complexity index is 770. The highest BCUT2D eigenvalue weighted by Gasteiger charge is 2.21. The number of hydrogen-bond donors (Lipinski definition) is 3. The molecule has 1 saturated heterocycles. The van der Waals surface area contributed by atoms with Crippen molar-refractivity contribution in [2.24, 2.45) is 11.7 Å². The zero-order valence-electron chi connectivity index (χ0n) is 20.1. The van der Waals surface area contributed by atoms with Crippen LogP contribution in [0.1, 0.15) is 88.3 Å². The number of likely N-dealkylation sites (tertiary alicyclic amines) is 1. The average molecular weight is 459 g/mol. The van der Waals surface area contributed by atoms with E-state index in [4.69, 9.17) is 15.8 Å². The van der Waals surface area contributed by atoms with Gasteiger partial charge in [0.05, 0.1) is 0 Å². The predicted molar refractivity (Wildman–Crippen MR) is 131 cm³/mol. The third-order valence-electron chi connectivity index (χ3n) is 7.17. The van der Waals surface area contributed by atoms with Crippen molar-refractivity contribution in [3.8, 4) is 0 Å². The molecule has 0 aromatic carbocycles. The van der Waals surface area contributed by atoms with Crippen LogP contribution in [0.3, 0.4) is 0 Å². The molecule has 2 aliphatic heterocycles. The van der Waals surface area contributed by atoms with E-state index >= 15 is 0 Å². The van der Waals surface area contributed by atoms with E-state index in [0.717, 1.165) is 76.8 Å². The summed E-state index contributed by atoms with van der Waals surface area (Å²) in [4.78, 5) is 29.7. The standard InChI is InChI=1S/C26H42N4O3/c27-23(26(32)33)12-5-4-9-20(16-19-30-18-7-13-24(30)31)8-2-1-3-11-22-15-14-21-10-6-17-28-25(21)29-22/h14-15,20,23H,1-13,16-19,27H2,(H,28,29)(H,32,33). The minimum Gasteiger partial charge on any atom is -0.480 e. The number of carboxylic acid groups (broad SMARTS) is 1. The van der Waals surface area contributed by atoms with Gasteiger partial charge in [-0.2, -0.15) is 0 Å². The quantitative estimate of drug-likeness (QED) is 0.341. The summed E-state index contributed by atoms with van der Waals surface area (Å²) >= 11 is 0. The van der Waals surface area contributed by atoms with Crippen molar-refractivity contribution >= 4 is 17.7 Å². The third kappa shape index (κ3) is 8.61. The number of nitrogens with zero attached hydrogens (tertiary/aromatic N) is 2. The van der Waals surface area contributed by atoms with Gasteiger partial charge >= 0.3 is 5.97 Å². The zero-order chi connectivity index (χ0) is 23.5. The molecule has 7 nitrogen and oxygen atoms in total. The first-order chi connectivity index (χ1) is 16.0. The molecule has 3 heterocycles. The molecular formula is C26H42N4O3. The molecule has 4 N–H and O–H groups in total. The van der Waals surface area contributed by atoms with Crippen molar-refractivity contribution < 1.29 is 14.7 Å². The van der Waals surface area contributed by atoms with Crippen LogP contribution < -0.4 is 11.1 Å². The number of fused-ring (bicyclic) bond motifs is 1. The number of carbonyl (C=O) groups excluding carboxylic acids is 1. The minimum absolute atomic E-state index is 0.299. The first kappa shape index (κ1) is 25.5. The number of pyridine rings is 1. The number of aliphatic carboxylic acids is 1. The van der Waals surface area contributed by atoms with Crippen molar-refractivity contribution in [2.45, 2.75) is 95.9 Å². The first-order valence-corrected chi connectivity index (χ1v) is 13.0. The fourth-order valence-electron chi connectivity index (χ4n) is 5.06. The fourth-order valence-corrected chi connectivity index (χ4v) is 5.06. The number of carboxylic acids is 1. The molecule has 184 valence electrons. The second-order valence-corrected chi connectivity index (χ2v) is 9.81. The van der Waals surface area contributed by atoms with Crippen molar-refractivity contribution in [1.29, 1.82) is 0 Å². The Hall–Kier alpha value is -2.15. The van der Waals surface area contributed by atoms with Gasteiger partial charge in [0.15, 0.2) is 0 Å². The van der Waals surface area contributed by atoms with Gasteiger partial charge in [0.25, 0.3) is 0 Å². The summed E-state index contributed by atoms with van der Waals surface area (Å²) in [6.07, 6.45) is 14.3. The molecule has 2 atom stereocenters. The van der Waals surface area contributed by atoms with Crippen LogP contribution in [0.25, 0.3) is 0 Å². The number of hydrogen-bond acceptors (Lipinski definition) is 5. The summed E-state index contributed by atoms with van der Waals surface area (Å²) in [5.74, 6) is 1.06. The average Bonchev–Trinajstić information content (AvgIpc) is 3.23. The Morgan fingerprint density at radius 3 is 2.61 bits per heavy atom. The molecule has 7 heteroatoms. The van der Waals surface area contributed by atoms with Gasteiger partial charge in [0.1, 0.15) is 11.9 Å². The maximum atomic E-state index is 12.0. The van der Waals surface area contributed by atoms with E-state index in [1.54, 1.807) is 0 Å². The molecule has 0 bridgehead atoms. The van der Waals surface area contributed by atoms with Crippen LogP contribution in [0, 0.1) is 5.92 Å². The molecular weight excluding hydrogens is 416 g/mol. The summed E-state index contributed by atoms with van der Waals surface area (Å²) in [5.41, 5.74) is 8.16. The lowest BCUT2D eigenvalue weighted by atomic mass is 9.91. The molecule has 33 heavy (non-hydrogen) atoms. The Morgan fingerprint density at radius 2 is 1.85 bits per heavy atom. The van der Waals surface area contributed by atoms with E-state index in [0.29, 0.717) is 24.7 Å². The van der Waals surface area contributed by atoms with Gasteiger partial charge < -0.3 is 21.1 Å². The normalized spacial score (nSPS) is 17.5. The van der Waals surface area contributed by atoms with Gasteiger partial charge in [-0.3, -0.25) is 9.59 Å². The van der Waals surface area contributed by atoms with Crippen LogP contribution in [0.2, 0.25) is 0 Å². The Kier molecular flexibility index (Phi) is 10.4. The maximum absolute atomic E-state index is 12.0. The minimum atomic E-state index is -0.914. The monoisotopic (exact) mass is 458 g/mol. The fraction of sp³-hybridized carbons (Fsp3) is 0.731. The number of anilines is 1. The van der Waals surface area contributed by atoms with Gasteiger partial charge in [-0.25, -0.2) is 4.98 Å². The highest BCUT2D eigenvalue weighted by atomic mass is 16.4. The van der Waals surface area contributed by atoms with Gasteiger partial charge in [0, 0.05) is 31.7 Å². The number of carbonyl (C=O) groups is 2. The predicted octanol–water partition coefficient (Wildman–Crippen LogP) is 4.14. The van der Waals surface area contributed by atoms with Gasteiger partial charge in [0.2, 0.25) is 5.91 Å². The van der Waals surface area contributed by atoms with Crippen LogP contribution >= 0.6 is 0 Å². The number of nitrogens with two attached hydrogens (primary N) is 1. The van der Waals surface area contributed by atoms with E-state index in [-0.39, 0.29) is 0 Å². The summed E-state index contributed by atoms with van der Waals surface area (Å²) in [5, 5.41) is 12.4. The number of aryl methyl sites for hydroxylation is 2. The van der Waals surface area contributed by atoms with E-state index < -0.39 is 12.0 Å². The molecule has 2 unspecified atom stereocenters. The summed E-state index contributed by atoms with van der Waals surface area (Å²) in [6.45, 7) is 2.79. The zero-order valence-corrected chi connectivity index (χ0v) is 20.1. The molecule has 0 radical (unpaired) electrons. The summed E-state index contributed by atoms with van der Waals surface area (Å²) < 4.78 is 0. The lowest BCUT2D eigenvalue weighted by Gasteiger charge is -2.22. The molecule has 1 aromatic heterocycles. The van der Waals surface area contributed by atoms with Crippen molar-refractivity contribution in [3.63, 3.8) is 0 Å². The molecule has 0 saturated carbocycles. The third-order valence-corrected chi connectivity index (χ3v) is 7.17. The number of unbranched alkanes of at least 4 members (excludes halogenated alkanes) is 3. The van der Waals surface area contributed by atoms with Crippen molar-refractivity contribution in [3.05, 3.63) is 23.4 Å². The van der Waals surface area contributed by atoms with Crippen LogP contribution in [0.5, 0.6) is 0 Å². The molecule has 1 fully saturated rings. The number of aromatic nitrogens is 1. The van der Waals surface area contributed by atoms with Gasteiger partial charge in [-0.1, -0.05) is 44.6 Å². The van der Waals surface area contributed by atoms with E-state index in [9.17, 15) is 9.59 Å². The maximum Gasteiger partial charge on any atom is 0.320 e. The Morgan fingerprint density at radius 1 is 1.06 bits per heavy atom. The molecule has 1 amide bonds. The van der Waals surface area contributed by atoms with Crippen molar-refractivity contribution in [1.82, 2.24) is 9.88 Å². The topological polar surface area (TPSA) is 109 Å². The van der Waals surface area contributed by atoms with E-state index in [1.165, 1.54) is 36.9 Å². The van der Waals surface area contributed by atoms with Crippen molar-refractivity contribution in [2.75, 3.05) is 25.0 Å². The second kappa shape index (κ2) is 13.5. The van der Waals surface area contributed by atoms with Gasteiger partial charge in [-0.05, 0) is 62.5 Å². The Balaban J connectivity index is 1.37. The largest absolute Gasteiger partial charge is 0.480 e. The van der Waals surface area contributed by atoms with E-state index in [1.807, 2.05) is 4.90 Å². The number of nitrogens with one attached hydrogen (secondary N) is 1. The Labute approximate surface area is 198 Å². The SMILES string of the molecule is NC(CCCCC(CCCCCc1ccc2c(n1)NCCC2)CCN1CCCC1=O)C(=O)O. The second-order valence-electron chi connectivity index (χ2n) is 9.81. The number of amides is 1. The molecule has 0 aliphatic carbocycles. The van der Waals surface area contributed by atoms with E-state index in [2.05, 4.69) is 17.4 Å². The summed E-state index contributed by atoms with van der Waals surface area (Å²) in [7, 11) is 0. The lowest BCUT2D eigenvalue weighted by molar-refractivity contribution is -0.138. The lowest BCUT2D eigenvalue weighted by Crippen LogP contribution is -2.29. The van der Waals surface area contributed by atoms with Crippen LogP contribution in [-0.2, 0) is 22.4 Å². The van der Waals surface area contributed by atoms with Gasteiger partial charge in [-0.15, -0.1) is 0 Å². The van der Waals surface area contributed by atoms with Crippen LogP contribution in [0.4, 0.5) is 5.82 Å². The molecule has 1 aromatic rings. The number of rotatable bonds is 15. The summed E-state index contributed by atoms with van der Waals surface area (Å²) in [6, 6.07) is 3.66. The first-order valence-electron chi connectivity index (χ1n) is 13.0. The van der Waals surface area contributed by atoms with Crippen LogP contribution in [-0.4, -0.2) is 52.5 Å². The highest BCUT2D eigenvalue weighted by Crippen LogP contribution is 2.24. The molecule has 0 spiro atoms. The smallest absolute Gasteiger partial charge is 0.320 e. The molecule has 3 rings (SSSR count). The van der Waals surface area contributed by atoms with Crippen LogP contribution in [0.15, 0.2) is 12.1 Å². The molecule has 2 aliphatic rings. The highest BCUT2D eigenvalue weighted by molar-refractivity contribution is 5.78.